The number of rotatable bonds is 10. The number of benzene rings is 2. The zero-order chi connectivity index (χ0) is 22.1. The summed E-state index contributed by atoms with van der Waals surface area (Å²) >= 11 is 0. The summed E-state index contributed by atoms with van der Waals surface area (Å²) in [5.41, 5.74) is 3.38. The molecule has 0 saturated heterocycles. The fourth-order valence-corrected chi connectivity index (χ4v) is 3.48. The van der Waals surface area contributed by atoms with E-state index in [1.165, 1.54) is 5.56 Å². The molecule has 0 aliphatic carbocycles. The maximum Gasteiger partial charge on any atom is 0.242 e. The van der Waals surface area contributed by atoms with Crippen molar-refractivity contribution in [3.63, 3.8) is 0 Å². The number of ether oxygens (including phenoxy) is 1. The molecule has 1 N–H and O–H groups in total. The van der Waals surface area contributed by atoms with Gasteiger partial charge in [-0.15, -0.1) is 0 Å². The summed E-state index contributed by atoms with van der Waals surface area (Å²) in [7, 11) is 3.23. The molecular formula is C25H34N2O3. The Balaban J connectivity index is 2.14. The van der Waals surface area contributed by atoms with E-state index in [0.29, 0.717) is 31.7 Å². The number of amides is 2. The quantitative estimate of drug-likeness (QED) is 0.635. The largest absolute Gasteiger partial charge is 0.497 e. The van der Waals surface area contributed by atoms with Crippen molar-refractivity contribution in [3.8, 4) is 5.75 Å². The Morgan fingerprint density at radius 2 is 1.60 bits per heavy atom. The van der Waals surface area contributed by atoms with Gasteiger partial charge in [0, 0.05) is 20.0 Å². The van der Waals surface area contributed by atoms with Crippen LogP contribution in [0.3, 0.4) is 0 Å². The van der Waals surface area contributed by atoms with Gasteiger partial charge in [0.15, 0.2) is 0 Å². The third kappa shape index (κ3) is 6.34. The van der Waals surface area contributed by atoms with Gasteiger partial charge >= 0.3 is 0 Å². The molecule has 0 heterocycles. The number of nitrogens with one attached hydrogen (secondary N) is 1. The Bertz CT molecular complexity index is 813. The van der Waals surface area contributed by atoms with Gasteiger partial charge in [0.05, 0.1) is 7.11 Å². The predicted molar refractivity (Wildman–Crippen MR) is 121 cm³/mol. The summed E-state index contributed by atoms with van der Waals surface area (Å²) in [5, 5.41) is 2.69. The lowest BCUT2D eigenvalue weighted by molar-refractivity contribution is -0.141. The molecule has 0 bridgehead atoms. The molecule has 0 unspecified atom stereocenters. The van der Waals surface area contributed by atoms with E-state index >= 15 is 0 Å². The summed E-state index contributed by atoms with van der Waals surface area (Å²) in [6.07, 6.45) is 1.58. The molecule has 0 fully saturated rings. The van der Waals surface area contributed by atoms with Crippen LogP contribution < -0.4 is 10.1 Å². The minimum Gasteiger partial charge on any atom is -0.497 e. The van der Waals surface area contributed by atoms with E-state index in [2.05, 4.69) is 43.4 Å². The molecule has 0 aliphatic heterocycles. The van der Waals surface area contributed by atoms with Gasteiger partial charge < -0.3 is 15.0 Å². The number of carbonyl (C=O) groups is 2. The van der Waals surface area contributed by atoms with Gasteiger partial charge in [-0.3, -0.25) is 9.59 Å². The molecule has 0 saturated carbocycles. The minimum atomic E-state index is -0.493. The highest BCUT2D eigenvalue weighted by molar-refractivity contribution is 5.87. The van der Waals surface area contributed by atoms with Crippen LogP contribution >= 0.6 is 0 Å². The van der Waals surface area contributed by atoms with Crippen molar-refractivity contribution >= 4 is 11.8 Å². The fourth-order valence-electron chi connectivity index (χ4n) is 3.48. The van der Waals surface area contributed by atoms with Crippen LogP contribution in [0.4, 0.5) is 0 Å². The summed E-state index contributed by atoms with van der Waals surface area (Å²) < 4.78 is 5.21. The van der Waals surface area contributed by atoms with Gasteiger partial charge in [-0.25, -0.2) is 0 Å². The first kappa shape index (κ1) is 23.5. The first-order valence-corrected chi connectivity index (χ1v) is 10.6. The van der Waals surface area contributed by atoms with Gasteiger partial charge in [0.2, 0.25) is 11.8 Å². The highest BCUT2D eigenvalue weighted by atomic mass is 16.5. The topological polar surface area (TPSA) is 58.6 Å². The highest BCUT2D eigenvalue weighted by Gasteiger charge is 2.27. The smallest absolute Gasteiger partial charge is 0.242 e. The summed E-state index contributed by atoms with van der Waals surface area (Å²) in [6.45, 7) is 6.65. The molecule has 5 nitrogen and oxygen atoms in total. The number of likely N-dealkylation sites (N-methyl/N-ethyl adjacent to an activating group) is 1. The first-order chi connectivity index (χ1) is 14.4. The maximum absolute atomic E-state index is 13.2. The molecule has 0 radical (unpaired) electrons. The second-order valence-electron chi connectivity index (χ2n) is 7.80. The van der Waals surface area contributed by atoms with Crippen LogP contribution in [0.1, 0.15) is 56.2 Å². The van der Waals surface area contributed by atoms with Gasteiger partial charge in [0.1, 0.15) is 11.8 Å². The second-order valence-corrected chi connectivity index (χ2v) is 7.80. The van der Waals surface area contributed by atoms with Crippen molar-refractivity contribution in [3.05, 3.63) is 65.2 Å². The zero-order valence-electron chi connectivity index (χ0n) is 18.8. The second kappa shape index (κ2) is 11.4. The minimum absolute atomic E-state index is 0.0193. The van der Waals surface area contributed by atoms with Gasteiger partial charge in [-0.1, -0.05) is 57.2 Å². The van der Waals surface area contributed by atoms with Crippen LogP contribution in [0, 0.1) is 0 Å². The fraction of sp³-hybridized carbons (Fsp3) is 0.440. The van der Waals surface area contributed by atoms with E-state index in [1.54, 1.807) is 19.1 Å². The van der Waals surface area contributed by atoms with E-state index < -0.39 is 6.04 Å². The number of hydrogen-bond donors (Lipinski definition) is 1. The van der Waals surface area contributed by atoms with E-state index in [0.717, 1.165) is 16.9 Å². The Labute approximate surface area is 180 Å². The van der Waals surface area contributed by atoms with Crippen LogP contribution in [0.2, 0.25) is 0 Å². The van der Waals surface area contributed by atoms with Gasteiger partial charge in [-0.05, 0) is 47.6 Å². The summed E-state index contributed by atoms with van der Waals surface area (Å²) in [6, 6.07) is 15.5. The molecule has 30 heavy (non-hydrogen) atoms. The average molecular weight is 411 g/mol. The Kier molecular flexibility index (Phi) is 8.90. The van der Waals surface area contributed by atoms with Gasteiger partial charge in [0.25, 0.3) is 0 Å². The molecule has 1 atom stereocenters. The van der Waals surface area contributed by atoms with Crippen molar-refractivity contribution in [2.24, 2.45) is 0 Å². The monoisotopic (exact) mass is 410 g/mol. The first-order valence-electron chi connectivity index (χ1n) is 10.6. The molecule has 0 aromatic heterocycles. The molecule has 162 valence electrons. The predicted octanol–water partition coefficient (Wildman–Crippen LogP) is 4.30. The molecule has 2 aromatic carbocycles. The molecular weight excluding hydrogens is 376 g/mol. The third-order valence-electron chi connectivity index (χ3n) is 5.42. The number of nitrogens with zero attached hydrogens (tertiary/aromatic N) is 1. The summed E-state index contributed by atoms with van der Waals surface area (Å²) in [4.78, 5) is 27.3. The van der Waals surface area contributed by atoms with Crippen LogP contribution in [-0.4, -0.2) is 36.9 Å². The van der Waals surface area contributed by atoms with E-state index in [1.807, 2.05) is 31.2 Å². The number of aryl methyl sites for hydroxylation is 1. The number of methoxy groups -OCH3 is 1. The third-order valence-corrected chi connectivity index (χ3v) is 5.42. The van der Waals surface area contributed by atoms with E-state index in [4.69, 9.17) is 4.74 Å². The Morgan fingerprint density at radius 3 is 2.10 bits per heavy atom. The van der Waals surface area contributed by atoms with Crippen molar-refractivity contribution in [1.82, 2.24) is 10.2 Å². The number of hydrogen-bond acceptors (Lipinski definition) is 3. The molecule has 2 amide bonds. The van der Waals surface area contributed by atoms with Gasteiger partial charge in [-0.2, -0.15) is 0 Å². The van der Waals surface area contributed by atoms with Crippen molar-refractivity contribution in [2.45, 2.75) is 58.5 Å². The lowest BCUT2D eigenvalue weighted by Crippen LogP contribution is -2.48. The highest BCUT2D eigenvalue weighted by Crippen LogP contribution is 2.19. The SMILES string of the molecule is CC[C@H](C(=O)NC)N(Cc1ccc(OC)cc1)C(=O)CCc1ccc(C(C)C)cc1. The summed E-state index contributed by atoms with van der Waals surface area (Å²) in [5.74, 6) is 1.09. The normalized spacial score (nSPS) is 11.8. The number of carbonyl (C=O) groups excluding carboxylic acids is 2. The lowest BCUT2D eigenvalue weighted by atomic mass is 10.00. The lowest BCUT2D eigenvalue weighted by Gasteiger charge is -2.30. The Hall–Kier alpha value is -2.82. The molecule has 0 aliphatic rings. The van der Waals surface area contributed by atoms with Crippen LogP contribution in [0.25, 0.3) is 0 Å². The van der Waals surface area contributed by atoms with Crippen molar-refractivity contribution in [1.29, 1.82) is 0 Å². The van der Waals surface area contributed by atoms with Crippen LogP contribution in [-0.2, 0) is 22.6 Å². The Morgan fingerprint density at radius 1 is 1.00 bits per heavy atom. The molecule has 0 spiro atoms. The van der Waals surface area contributed by atoms with Crippen molar-refractivity contribution in [2.75, 3.05) is 14.2 Å². The van der Waals surface area contributed by atoms with E-state index in [9.17, 15) is 9.59 Å². The van der Waals surface area contributed by atoms with Crippen molar-refractivity contribution < 1.29 is 14.3 Å². The molecule has 5 heteroatoms. The molecule has 2 rings (SSSR count). The van der Waals surface area contributed by atoms with E-state index in [-0.39, 0.29) is 11.8 Å². The molecule has 2 aromatic rings. The standard InChI is InChI=1S/C25H34N2O3/c1-6-23(25(29)26-4)27(17-20-9-14-22(30-5)15-10-20)24(28)16-11-19-7-12-21(13-8-19)18(2)3/h7-10,12-15,18,23H,6,11,16-17H2,1-5H3,(H,26,29)/t23-/m1/s1. The maximum atomic E-state index is 13.2. The van der Waals surface area contributed by atoms with Crippen LogP contribution in [0.5, 0.6) is 5.75 Å². The van der Waals surface area contributed by atoms with Crippen LogP contribution in [0.15, 0.2) is 48.5 Å². The average Bonchev–Trinajstić information content (AvgIpc) is 2.77. The zero-order valence-corrected chi connectivity index (χ0v) is 18.8.